The van der Waals surface area contributed by atoms with Gasteiger partial charge in [-0.15, -0.1) is 0 Å². The number of likely N-dealkylation sites (N-methyl/N-ethyl adjacent to an activating group) is 1. The van der Waals surface area contributed by atoms with Crippen molar-refractivity contribution in [3.05, 3.63) is 65.7 Å². The van der Waals surface area contributed by atoms with Crippen molar-refractivity contribution < 1.29 is 9.53 Å². The summed E-state index contributed by atoms with van der Waals surface area (Å²) < 4.78 is 5.19. The Labute approximate surface area is 208 Å². The zero-order chi connectivity index (χ0) is 25.3. The highest BCUT2D eigenvalue weighted by molar-refractivity contribution is 5.94. The molecule has 0 unspecified atom stereocenters. The molecule has 0 saturated carbocycles. The van der Waals surface area contributed by atoms with Crippen LogP contribution in [-0.2, 0) is 11.2 Å². The average molecular weight is 477 g/mol. The van der Waals surface area contributed by atoms with Crippen LogP contribution in [-0.4, -0.2) is 57.6 Å². The number of nitrogens with zero attached hydrogens (tertiary/aromatic N) is 3. The minimum absolute atomic E-state index is 0.0266. The predicted molar refractivity (Wildman–Crippen MR) is 142 cm³/mol. The Morgan fingerprint density at radius 2 is 1.86 bits per heavy atom. The molecule has 8 heteroatoms. The van der Waals surface area contributed by atoms with E-state index in [1.54, 1.807) is 14.2 Å². The molecule has 2 rings (SSSR count). The van der Waals surface area contributed by atoms with Gasteiger partial charge in [0.05, 0.1) is 7.11 Å². The maximum atomic E-state index is 12.1. The van der Waals surface area contributed by atoms with E-state index in [9.17, 15) is 4.79 Å². The number of methoxy groups -OCH3 is 1. The highest BCUT2D eigenvalue weighted by atomic mass is 16.5. The third-order valence-electron chi connectivity index (χ3n) is 5.41. The van der Waals surface area contributed by atoms with Crippen molar-refractivity contribution in [2.24, 2.45) is 4.99 Å². The molecule has 0 aliphatic carbocycles. The fraction of sp³-hybridized carbons (Fsp3) is 0.370. The Bertz CT molecular complexity index is 994. The Kier molecular flexibility index (Phi) is 12.5. The van der Waals surface area contributed by atoms with Gasteiger partial charge in [-0.2, -0.15) is 5.26 Å². The quantitative estimate of drug-likeness (QED) is 0.134. The van der Waals surface area contributed by atoms with Crippen LogP contribution in [0.2, 0.25) is 0 Å². The van der Waals surface area contributed by atoms with Gasteiger partial charge in [-0.3, -0.25) is 15.1 Å². The summed E-state index contributed by atoms with van der Waals surface area (Å²) in [7, 11) is 5.41. The van der Waals surface area contributed by atoms with Crippen molar-refractivity contribution in [1.29, 1.82) is 5.26 Å². The summed E-state index contributed by atoms with van der Waals surface area (Å²) in [6.07, 6.45) is 8.97. The molecule has 0 fully saturated rings. The van der Waals surface area contributed by atoms with Gasteiger partial charge < -0.3 is 20.3 Å². The molecule has 0 bridgehead atoms. The maximum Gasteiger partial charge on any atom is 0.223 e. The molecule has 2 aromatic carbocycles. The van der Waals surface area contributed by atoms with Crippen LogP contribution in [0.4, 0.5) is 5.69 Å². The Morgan fingerprint density at radius 1 is 1.11 bits per heavy atom. The molecule has 0 aliphatic heterocycles. The van der Waals surface area contributed by atoms with Gasteiger partial charge in [0.15, 0.2) is 6.19 Å². The smallest absolute Gasteiger partial charge is 0.223 e. The highest BCUT2D eigenvalue weighted by Crippen LogP contribution is 2.12. The molecule has 0 radical (unpaired) electrons. The largest absolute Gasteiger partial charge is 0.497 e. The van der Waals surface area contributed by atoms with Crippen molar-refractivity contribution in [1.82, 2.24) is 15.5 Å². The third-order valence-corrected chi connectivity index (χ3v) is 5.41. The number of aliphatic imine (C=N–C) groups is 1. The van der Waals surface area contributed by atoms with Crippen molar-refractivity contribution >= 4 is 23.6 Å². The van der Waals surface area contributed by atoms with Crippen LogP contribution >= 0.6 is 0 Å². The normalized spacial score (nSPS) is 11.3. The fourth-order valence-electron chi connectivity index (χ4n) is 3.34. The molecule has 2 aromatic rings. The topological polar surface area (TPSA) is 102 Å². The lowest BCUT2D eigenvalue weighted by molar-refractivity contribution is -0.120. The van der Waals surface area contributed by atoms with E-state index in [4.69, 9.17) is 10.00 Å². The van der Waals surface area contributed by atoms with E-state index in [2.05, 4.69) is 45.0 Å². The summed E-state index contributed by atoms with van der Waals surface area (Å²) in [4.78, 5) is 18.3. The molecular weight excluding hydrogens is 440 g/mol. The first-order valence-electron chi connectivity index (χ1n) is 11.8. The van der Waals surface area contributed by atoms with E-state index in [0.29, 0.717) is 18.9 Å². The second-order valence-corrected chi connectivity index (χ2v) is 8.12. The number of hydrogen-bond donors (Lipinski definition) is 3. The number of guanidine groups is 1. The van der Waals surface area contributed by atoms with Gasteiger partial charge in [-0.25, -0.2) is 0 Å². The van der Waals surface area contributed by atoms with Crippen LogP contribution in [0.3, 0.4) is 0 Å². The van der Waals surface area contributed by atoms with Gasteiger partial charge in [0, 0.05) is 32.2 Å². The van der Waals surface area contributed by atoms with E-state index < -0.39 is 0 Å². The number of carbonyl (C=O) groups excluding carboxylic acids is 1. The van der Waals surface area contributed by atoms with Crippen LogP contribution in [0, 0.1) is 11.5 Å². The minimum atomic E-state index is 0.0266. The van der Waals surface area contributed by atoms with Crippen molar-refractivity contribution in [2.45, 2.75) is 25.7 Å². The molecule has 3 N–H and O–H groups in total. The lowest BCUT2D eigenvalue weighted by Crippen LogP contribution is -2.26. The number of ether oxygens (including phenoxy) is 1. The molecule has 0 heterocycles. The van der Waals surface area contributed by atoms with Gasteiger partial charge in [-0.05, 0) is 68.2 Å². The van der Waals surface area contributed by atoms with E-state index in [-0.39, 0.29) is 5.91 Å². The number of anilines is 1. The Hall–Kier alpha value is -3.83. The standard InChI is InChI=1S/C27H36N6O2/c1-29-27(31-21-28)32-24-13-9-22(10-14-24)7-6-8-26(34)30-18-4-5-19-33(2)20-17-23-11-15-25(35-3)16-12-23/h6-7,9-16H,4-5,8,17-20H2,1-3H3,(H,30,34)(H2,29,31,32). The summed E-state index contributed by atoms with van der Waals surface area (Å²) in [5, 5.41) is 17.1. The monoisotopic (exact) mass is 476 g/mol. The predicted octanol–water partition coefficient (Wildman–Crippen LogP) is 3.64. The van der Waals surface area contributed by atoms with Crippen molar-refractivity contribution in [3.63, 3.8) is 0 Å². The summed E-state index contributed by atoms with van der Waals surface area (Å²) >= 11 is 0. The fourth-order valence-corrected chi connectivity index (χ4v) is 3.34. The highest BCUT2D eigenvalue weighted by Gasteiger charge is 2.02. The minimum Gasteiger partial charge on any atom is -0.497 e. The second-order valence-electron chi connectivity index (χ2n) is 8.12. The van der Waals surface area contributed by atoms with E-state index >= 15 is 0 Å². The molecule has 0 aliphatic rings. The van der Waals surface area contributed by atoms with Crippen LogP contribution in [0.25, 0.3) is 6.08 Å². The van der Waals surface area contributed by atoms with Crippen LogP contribution < -0.4 is 20.7 Å². The lowest BCUT2D eigenvalue weighted by atomic mass is 10.1. The Morgan fingerprint density at radius 3 is 2.51 bits per heavy atom. The van der Waals surface area contributed by atoms with E-state index in [1.165, 1.54) is 5.56 Å². The van der Waals surface area contributed by atoms with E-state index in [1.807, 2.05) is 54.7 Å². The van der Waals surface area contributed by atoms with Crippen LogP contribution in [0.5, 0.6) is 5.75 Å². The molecular formula is C27H36N6O2. The van der Waals surface area contributed by atoms with Crippen LogP contribution in [0.15, 0.2) is 59.6 Å². The number of unbranched alkanes of at least 4 members (excludes halogenated alkanes) is 1. The molecule has 8 nitrogen and oxygen atoms in total. The number of benzene rings is 2. The Balaban J connectivity index is 1.57. The van der Waals surface area contributed by atoms with Gasteiger partial charge in [0.1, 0.15) is 5.75 Å². The first kappa shape index (κ1) is 27.4. The average Bonchev–Trinajstić information content (AvgIpc) is 2.88. The van der Waals surface area contributed by atoms with Gasteiger partial charge in [0.25, 0.3) is 0 Å². The number of hydrogen-bond acceptors (Lipinski definition) is 5. The summed E-state index contributed by atoms with van der Waals surface area (Å²) in [6.45, 7) is 2.71. The molecule has 0 aromatic heterocycles. The zero-order valence-electron chi connectivity index (χ0n) is 20.9. The summed E-state index contributed by atoms with van der Waals surface area (Å²) in [5.41, 5.74) is 3.11. The molecule has 0 atom stereocenters. The van der Waals surface area contributed by atoms with Gasteiger partial charge >= 0.3 is 0 Å². The molecule has 1 amide bonds. The van der Waals surface area contributed by atoms with Crippen molar-refractivity contribution in [3.8, 4) is 11.9 Å². The number of nitriles is 1. The molecule has 186 valence electrons. The first-order chi connectivity index (χ1) is 17.0. The SMILES string of the molecule is CN=C(NC#N)Nc1ccc(C=CCC(=O)NCCCCN(C)CCc2ccc(OC)cc2)cc1. The van der Waals surface area contributed by atoms with Crippen LogP contribution in [0.1, 0.15) is 30.4 Å². The first-order valence-corrected chi connectivity index (χ1v) is 11.8. The number of amides is 1. The number of rotatable bonds is 13. The molecule has 0 spiro atoms. The summed E-state index contributed by atoms with van der Waals surface area (Å²) in [6, 6.07) is 15.8. The second kappa shape index (κ2) is 15.9. The maximum absolute atomic E-state index is 12.1. The lowest BCUT2D eigenvalue weighted by Gasteiger charge is -2.16. The summed E-state index contributed by atoms with van der Waals surface area (Å²) in [5.74, 6) is 1.29. The van der Waals surface area contributed by atoms with Crippen molar-refractivity contribution in [2.75, 3.05) is 46.2 Å². The van der Waals surface area contributed by atoms with Gasteiger partial charge in [-0.1, -0.05) is 36.4 Å². The van der Waals surface area contributed by atoms with Gasteiger partial charge in [0.2, 0.25) is 11.9 Å². The molecule has 35 heavy (non-hydrogen) atoms. The zero-order valence-corrected chi connectivity index (χ0v) is 20.9. The number of nitrogens with one attached hydrogen (secondary N) is 3. The van der Waals surface area contributed by atoms with E-state index in [0.717, 1.165) is 49.4 Å². The third kappa shape index (κ3) is 11.2. The molecule has 0 saturated heterocycles. The number of carbonyl (C=O) groups is 1.